The monoisotopic (exact) mass is 268 g/mol. The topological polar surface area (TPSA) is 37.9 Å². The van der Waals surface area contributed by atoms with Crippen LogP contribution in [-0.2, 0) is 0 Å². The minimum atomic E-state index is 0.706. The van der Waals surface area contributed by atoms with Gasteiger partial charge in [0.15, 0.2) is 0 Å². The van der Waals surface area contributed by atoms with E-state index >= 15 is 0 Å². The van der Waals surface area contributed by atoms with Crippen molar-refractivity contribution in [3.8, 4) is 5.88 Å². The van der Waals surface area contributed by atoms with Crippen LogP contribution in [0, 0.1) is 6.92 Å². The van der Waals surface area contributed by atoms with E-state index in [-0.39, 0.29) is 0 Å². The quantitative estimate of drug-likeness (QED) is 0.767. The minimum absolute atomic E-state index is 0.706. The van der Waals surface area contributed by atoms with E-state index < -0.39 is 0 Å². The van der Waals surface area contributed by atoms with Crippen LogP contribution in [0.4, 0.5) is 0 Å². The maximum Gasteiger partial charge on any atom is 0.240 e. The molecule has 0 aliphatic rings. The van der Waals surface area contributed by atoms with Crippen molar-refractivity contribution in [3.63, 3.8) is 0 Å². The molecule has 0 bridgehead atoms. The van der Waals surface area contributed by atoms with Crippen LogP contribution in [-0.4, -0.2) is 16.8 Å². The van der Waals surface area contributed by atoms with E-state index in [1.54, 1.807) is 0 Å². The number of nitrogens with zero attached hydrogens (tertiary/aromatic N) is 1. The number of aromatic amines is 1. The third-order valence-corrected chi connectivity index (χ3v) is 2.82. The van der Waals surface area contributed by atoms with Crippen molar-refractivity contribution in [1.82, 2.24) is 10.2 Å². The number of ether oxygens (including phenoxy) is 1. The van der Waals surface area contributed by atoms with Crippen LogP contribution in [0.25, 0.3) is 10.9 Å². The predicted octanol–water partition coefficient (Wildman–Crippen LogP) is 4.35. The average Bonchev–Trinajstić information content (AvgIpc) is 2.90. The van der Waals surface area contributed by atoms with Crippen LogP contribution >= 0.6 is 0 Å². The van der Waals surface area contributed by atoms with Gasteiger partial charge in [-0.3, -0.25) is 5.10 Å². The molecule has 3 nitrogen and oxygen atoms in total. The molecule has 0 unspecified atom stereocenters. The van der Waals surface area contributed by atoms with E-state index in [9.17, 15) is 0 Å². The smallest absolute Gasteiger partial charge is 0.240 e. The summed E-state index contributed by atoms with van der Waals surface area (Å²) in [6.45, 7) is 4.88. The van der Waals surface area contributed by atoms with Crippen molar-refractivity contribution >= 4 is 10.9 Å². The molecule has 3 rings (SSSR count). The fourth-order valence-corrected chi connectivity index (χ4v) is 1.78. The number of fused-ring (bicyclic) bond motifs is 1. The van der Waals surface area contributed by atoms with E-state index in [4.69, 9.17) is 4.74 Å². The summed E-state index contributed by atoms with van der Waals surface area (Å²) < 4.78 is 5.47. The summed E-state index contributed by atoms with van der Waals surface area (Å²) in [7, 11) is 0. The summed E-state index contributed by atoms with van der Waals surface area (Å²) in [5.41, 5.74) is 2.34. The molecule has 0 fully saturated rings. The van der Waals surface area contributed by atoms with Crippen LogP contribution in [0.1, 0.15) is 18.9 Å². The van der Waals surface area contributed by atoms with Gasteiger partial charge in [-0.05, 0) is 25.5 Å². The Labute approximate surface area is 119 Å². The second-order valence-electron chi connectivity index (χ2n) is 4.58. The molecule has 0 atom stereocenters. The molecule has 3 heteroatoms. The average molecular weight is 268 g/mol. The van der Waals surface area contributed by atoms with Gasteiger partial charge in [0.05, 0.1) is 17.5 Å². The molecule has 0 spiro atoms. The molecule has 0 amide bonds. The van der Waals surface area contributed by atoms with Gasteiger partial charge in [-0.2, -0.15) is 0 Å². The number of H-pyrrole nitrogens is 1. The number of aryl methyl sites for hydroxylation is 1. The maximum atomic E-state index is 5.47. The Morgan fingerprint density at radius 3 is 2.35 bits per heavy atom. The lowest BCUT2D eigenvalue weighted by molar-refractivity contribution is 0.308. The van der Waals surface area contributed by atoms with Gasteiger partial charge < -0.3 is 4.74 Å². The largest absolute Gasteiger partial charge is 0.476 e. The molecule has 104 valence electrons. The molecule has 1 aromatic heterocycles. The number of hydrogen-bond donors (Lipinski definition) is 1. The summed E-state index contributed by atoms with van der Waals surface area (Å²) in [6, 6.07) is 18.2. The van der Waals surface area contributed by atoms with Crippen LogP contribution in [0.15, 0.2) is 54.6 Å². The Hall–Kier alpha value is -2.29. The fourth-order valence-electron chi connectivity index (χ4n) is 1.78. The SMILES string of the molecule is CCCOc1n[nH]c2ccccc12.Cc1ccccc1. The summed E-state index contributed by atoms with van der Waals surface area (Å²) in [4.78, 5) is 0. The van der Waals surface area contributed by atoms with E-state index in [1.807, 2.05) is 42.5 Å². The number of hydrogen-bond acceptors (Lipinski definition) is 2. The first-order valence-corrected chi connectivity index (χ1v) is 6.89. The highest BCUT2D eigenvalue weighted by molar-refractivity contribution is 5.83. The van der Waals surface area contributed by atoms with Crippen LogP contribution in [0.5, 0.6) is 5.88 Å². The molecular weight excluding hydrogens is 248 g/mol. The number of para-hydroxylation sites is 1. The van der Waals surface area contributed by atoms with Gasteiger partial charge in [0.2, 0.25) is 5.88 Å². The molecule has 0 aliphatic heterocycles. The molecule has 1 N–H and O–H groups in total. The summed E-state index contributed by atoms with van der Waals surface area (Å²) in [6.07, 6.45) is 1.00. The number of aromatic nitrogens is 2. The van der Waals surface area contributed by atoms with Crippen molar-refractivity contribution in [3.05, 3.63) is 60.2 Å². The number of rotatable bonds is 3. The third-order valence-electron chi connectivity index (χ3n) is 2.82. The van der Waals surface area contributed by atoms with Crippen LogP contribution in [0.2, 0.25) is 0 Å². The Kier molecular flexibility index (Phi) is 5.18. The molecule has 20 heavy (non-hydrogen) atoms. The highest BCUT2D eigenvalue weighted by Crippen LogP contribution is 2.21. The standard InChI is InChI=1S/C10H12N2O.C7H8/c1-2-7-13-10-8-5-3-4-6-9(8)11-12-10;1-7-5-3-2-4-6-7/h3-6H,2,7H2,1H3,(H,11,12);2-6H,1H3. The second-order valence-corrected chi connectivity index (χ2v) is 4.58. The molecule has 0 saturated carbocycles. The van der Waals surface area contributed by atoms with E-state index in [2.05, 4.69) is 36.2 Å². The van der Waals surface area contributed by atoms with Gasteiger partial charge >= 0.3 is 0 Å². The maximum absolute atomic E-state index is 5.47. The van der Waals surface area contributed by atoms with Crippen molar-refractivity contribution in [2.75, 3.05) is 6.61 Å². The Bertz CT molecular complexity index is 632. The van der Waals surface area contributed by atoms with Gasteiger partial charge in [-0.1, -0.05) is 55.0 Å². The Morgan fingerprint density at radius 2 is 1.70 bits per heavy atom. The Morgan fingerprint density at radius 1 is 1.00 bits per heavy atom. The van der Waals surface area contributed by atoms with Gasteiger partial charge in [0.25, 0.3) is 0 Å². The van der Waals surface area contributed by atoms with Crippen LogP contribution < -0.4 is 4.74 Å². The Balaban J connectivity index is 0.000000178. The lowest BCUT2D eigenvalue weighted by atomic mass is 10.2. The second kappa shape index (κ2) is 7.34. The molecular formula is C17H20N2O. The van der Waals surface area contributed by atoms with Crippen molar-refractivity contribution in [2.24, 2.45) is 0 Å². The molecule has 1 heterocycles. The van der Waals surface area contributed by atoms with Crippen molar-refractivity contribution in [2.45, 2.75) is 20.3 Å². The first-order valence-electron chi connectivity index (χ1n) is 6.89. The first-order chi connectivity index (χ1) is 9.81. The minimum Gasteiger partial charge on any atom is -0.476 e. The zero-order valence-corrected chi connectivity index (χ0v) is 12.0. The highest BCUT2D eigenvalue weighted by atomic mass is 16.5. The van der Waals surface area contributed by atoms with Crippen LogP contribution in [0.3, 0.4) is 0 Å². The molecule has 0 aliphatic carbocycles. The van der Waals surface area contributed by atoms with Crippen molar-refractivity contribution < 1.29 is 4.74 Å². The highest BCUT2D eigenvalue weighted by Gasteiger charge is 2.03. The lowest BCUT2D eigenvalue weighted by Gasteiger charge is -1.98. The van der Waals surface area contributed by atoms with Gasteiger partial charge in [0.1, 0.15) is 0 Å². The normalized spacial score (nSPS) is 9.90. The predicted molar refractivity (Wildman–Crippen MR) is 83.1 cm³/mol. The molecule has 2 aromatic carbocycles. The van der Waals surface area contributed by atoms with Crippen molar-refractivity contribution in [1.29, 1.82) is 0 Å². The zero-order valence-electron chi connectivity index (χ0n) is 12.0. The molecule has 0 saturated heterocycles. The van der Waals surface area contributed by atoms with Gasteiger partial charge in [-0.25, -0.2) is 0 Å². The number of benzene rings is 2. The lowest BCUT2D eigenvalue weighted by Crippen LogP contribution is -1.95. The molecule has 0 radical (unpaired) electrons. The fraction of sp³-hybridized carbons (Fsp3) is 0.235. The van der Waals surface area contributed by atoms with E-state index in [1.165, 1.54) is 5.56 Å². The van der Waals surface area contributed by atoms with Gasteiger partial charge in [-0.15, -0.1) is 5.10 Å². The summed E-state index contributed by atoms with van der Waals surface area (Å²) in [5.74, 6) is 0.706. The zero-order chi connectivity index (χ0) is 14.2. The molecule has 3 aromatic rings. The first kappa shape index (κ1) is 14.1. The third kappa shape index (κ3) is 3.85. The van der Waals surface area contributed by atoms with E-state index in [0.717, 1.165) is 23.9 Å². The van der Waals surface area contributed by atoms with Gasteiger partial charge in [0, 0.05) is 0 Å². The number of nitrogens with one attached hydrogen (secondary N) is 1. The summed E-state index contributed by atoms with van der Waals surface area (Å²) >= 11 is 0. The van der Waals surface area contributed by atoms with E-state index in [0.29, 0.717) is 5.88 Å². The summed E-state index contributed by atoms with van der Waals surface area (Å²) in [5, 5.41) is 8.06.